The first-order valence-corrected chi connectivity index (χ1v) is 7.34. The summed E-state index contributed by atoms with van der Waals surface area (Å²) in [5.41, 5.74) is 5.60. The Hall–Kier alpha value is -1.69. The van der Waals surface area contributed by atoms with E-state index in [9.17, 15) is 4.39 Å². The molecule has 3 rings (SSSR count). The van der Waals surface area contributed by atoms with Crippen molar-refractivity contribution in [2.75, 3.05) is 0 Å². The molecule has 0 bridgehead atoms. The van der Waals surface area contributed by atoms with Gasteiger partial charge in [-0.3, -0.25) is 11.3 Å². The number of fused-ring (bicyclic) bond motifs is 1. The largest absolute Gasteiger partial charge is 0.464 e. The molecular weight excluding hydrogens is 335 g/mol. The number of nitrogens with one attached hydrogen (secondary N) is 1. The first-order chi connectivity index (χ1) is 10.2. The quantitative estimate of drug-likeness (QED) is 0.551. The second-order valence-corrected chi connectivity index (χ2v) is 5.70. The lowest BCUT2D eigenvalue weighted by atomic mass is 9.99. The maximum Gasteiger partial charge on any atom is 0.134 e. The molecule has 1 heterocycles. The van der Waals surface area contributed by atoms with Crippen LogP contribution in [0.2, 0.25) is 0 Å². The van der Waals surface area contributed by atoms with Crippen LogP contribution in [0.4, 0.5) is 4.39 Å². The van der Waals surface area contributed by atoms with Crippen molar-refractivity contribution in [3.8, 4) is 0 Å². The average molecular weight is 349 g/mol. The van der Waals surface area contributed by atoms with Gasteiger partial charge in [-0.25, -0.2) is 4.39 Å². The highest BCUT2D eigenvalue weighted by Gasteiger charge is 2.17. The molecule has 108 valence electrons. The van der Waals surface area contributed by atoms with Gasteiger partial charge in [0.05, 0.1) is 12.3 Å². The molecule has 0 amide bonds. The minimum Gasteiger partial charge on any atom is -0.464 e. The Morgan fingerprint density at radius 1 is 1.24 bits per heavy atom. The number of hydrazine groups is 1. The van der Waals surface area contributed by atoms with Crippen molar-refractivity contribution in [2.24, 2.45) is 5.84 Å². The van der Waals surface area contributed by atoms with Crippen molar-refractivity contribution in [2.45, 2.75) is 12.5 Å². The fourth-order valence-electron chi connectivity index (χ4n) is 2.43. The van der Waals surface area contributed by atoms with Gasteiger partial charge >= 0.3 is 0 Å². The molecule has 0 radical (unpaired) electrons. The van der Waals surface area contributed by atoms with E-state index in [1.54, 1.807) is 12.3 Å². The van der Waals surface area contributed by atoms with Gasteiger partial charge in [0.1, 0.15) is 11.4 Å². The normalized spacial score (nSPS) is 12.7. The Morgan fingerprint density at radius 3 is 2.81 bits per heavy atom. The van der Waals surface area contributed by atoms with E-state index in [-0.39, 0.29) is 11.9 Å². The number of hydrogen-bond acceptors (Lipinski definition) is 3. The summed E-state index contributed by atoms with van der Waals surface area (Å²) in [6.45, 7) is 0. The van der Waals surface area contributed by atoms with Crippen LogP contribution >= 0.6 is 15.9 Å². The van der Waals surface area contributed by atoms with Crippen LogP contribution in [0.25, 0.3) is 11.0 Å². The maximum atomic E-state index is 13.2. The van der Waals surface area contributed by atoms with E-state index in [0.717, 1.165) is 26.6 Å². The Kier molecular flexibility index (Phi) is 4.05. The van der Waals surface area contributed by atoms with Crippen LogP contribution in [-0.4, -0.2) is 0 Å². The molecule has 0 aliphatic heterocycles. The van der Waals surface area contributed by atoms with Crippen molar-refractivity contribution in [3.05, 3.63) is 70.1 Å². The lowest BCUT2D eigenvalue weighted by Crippen LogP contribution is -2.29. The van der Waals surface area contributed by atoms with Gasteiger partial charge in [-0.15, -0.1) is 0 Å². The van der Waals surface area contributed by atoms with Gasteiger partial charge in [-0.1, -0.05) is 40.2 Å². The zero-order valence-corrected chi connectivity index (χ0v) is 12.7. The van der Waals surface area contributed by atoms with E-state index in [2.05, 4.69) is 21.4 Å². The van der Waals surface area contributed by atoms with Gasteiger partial charge in [-0.05, 0) is 30.2 Å². The molecule has 3 nitrogen and oxygen atoms in total. The van der Waals surface area contributed by atoms with Gasteiger partial charge in [0, 0.05) is 15.4 Å². The highest BCUT2D eigenvalue weighted by molar-refractivity contribution is 9.10. The summed E-state index contributed by atoms with van der Waals surface area (Å²) < 4.78 is 19.4. The number of furan rings is 1. The molecule has 3 N–H and O–H groups in total. The van der Waals surface area contributed by atoms with Gasteiger partial charge in [0.25, 0.3) is 0 Å². The number of halogens is 2. The Bertz CT molecular complexity index is 772. The minimum atomic E-state index is -0.267. The molecule has 1 aromatic heterocycles. The number of nitrogens with two attached hydrogens (primary N) is 1. The molecule has 5 heteroatoms. The lowest BCUT2D eigenvalue weighted by molar-refractivity contribution is 0.535. The number of hydrogen-bond donors (Lipinski definition) is 2. The molecule has 0 saturated heterocycles. The zero-order chi connectivity index (χ0) is 14.8. The Balaban J connectivity index is 1.95. The van der Waals surface area contributed by atoms with E-state index < -0.39 is 0 Å². The molecule has 1 atom stereocenters. The zero-order valence-electron chi connectivity index (χ0n) is 11.1. The van der Waals surface area contributed by atoms with Crippen molar-refractivity contribution in [1.82, 2.24) is 5.43 Å². The summed E-state index contributed by atoms with van der Waals surface area (Å²) in [6.07, 6.45) is 2.34. The highest BCUT2D eigenvalue weighted by atomic mass is 79.9. The fourth-order valence-corrected chi connectivity index (χ4v) is 2.95. The van der Waals surface area contributed by atoms with Crippen molar-refractivity contribution < 1.29 is 8.81 Å². The first kappa shape index (κ1) is 14.3. The highest BCUT2D eigenvalue weighted by Crippen LogP contribution is 2.30. The minimum absolute atomic E-state index is 0.115. The molecule has 0 aliphatic rings. The number of para-hydroxylation sites is 1. The summed E-state index contributed by atoms with van der Waals surface area (Å²) in [5, 5.41) is 1.03. The van der Waals surface area contributed by atoms with E-state index in [4.69, 9.17) is 10.3 Å². The van der Waals surface area contributed by atoms with Crippen LogP contribution in [0.3, 0.4) is 0 Å². The summed E-state index contributed by atoms with van der Waals surface area (Å²) in [4.78, 5) is 0. The molecule has 0 spiro atoms. The smallest absolute Gasteiger partial charge is 0.134 e. The topological polar surface area (TPSA) is 51.2 Å². The maximum absolute atomic E-state index is 13.2. The van der Waals surface area contributed by atoms with Crippen molar-refractivity contribution in [1.29, 1.82) is 0 Å². The van der Waals surface area contributed by atoms with E-state index in [1.807, 2.05) is 24.3 Å². The number of benzene rings is 2. The van der Waals surface area contributed by atoms with Crippen LogP contribution in [0.1, 0.15) is 17.2 Å². The Labute approximate surface area is 130 Å². The third kappa shape index (κ3) is 2.85. The standard InChI is InChI=1S/C16H14BrFN2O/c17-14-8-11(18)6-5-10(14)7-15(20-19)13-9-21-16-4-2-1-3-12(13)16/h1-6,8-9,15,20H,7,19H2. The summed E-state index contributed by atoms with van der Waals surface area (Å²) in [5.74, 6) is 5.43. The molecule has 0 fully saturated rings. The second kappa shape index (κ2) is 5.97. The third-order valence-electron chi connectivity index (χ3n) is 3.53. The molecule has 2 aromatic carbocycles. The van der Waals surface area contributed by atoms with Gasteiger partial charge in [0.15, 0.2) is 0 Å². The summed E-state index contributed by atoms with van der Waals surface area (Å²) in [6, 6.07) is 12.3. The molecule has 1 unspecified atom stereocenters. The predicted molar refractivity (Wildman–Crippen MR) is 84.1 cm³/mol. The summed E-state index contributed by atoms with van der Waals surface area (Å²) in [7, 11) is 0. The van der Waals surface area contributed by atoms with Crippen LogP contribution in [0.15, 0.2) is 57.6 Å². The first-order valence-electron chi connectivity index (χ1n) is 6.55. The Morgan fingerprint density at radius 2 is 2.05 bits per heavy atom. The molecular formula is C16H14BrFN2O. The van der Waals surface area contributed by atoms with Crippen molar-refractivity contribution >= 4 is 26.9 Å². The SMILES string of the molecule is NNC(Cc1ccc(F)cc1Br)c1coc2ccccc12. The third-order valence-corrected chi connectivity index (χ3v) is 4.26. The summed E-state index contributed by atoms with van der Waals surface area (Å²) >= 11 is 3.39. The van der Waals surface area contributed by atoms with Crippen LogP contribution in [-0.2, 0) is 6.42 Å². The molecule has 3 aromatic rings. The molecule has 0 saturated carbocycles. The predicted octanol–water partition coefficient (Wildman–Crippen LogP) is 4.08. The lowest BCUT2D eigenvalue weighted by Gasteiger charge is -2.16. The van der Waals surface area contributed by atoms with E-state index in [1.165, 1.54) is 12.1 Å². The van der Waals surface area contributed by atoms with Gasteiger partial charge in [-0.2, -0.15) is 0 Å². The monoisotopic (exact) mass is 348 g/mol. The van der Waals surface area contributed by atoms with Crippen LogP contribution in [0.5, 0.6) is 0 Å². The molecule has 21 heavy (non-hydrogen) atoms. The molecule has 0 aliphatic carbocycles. The van der Waals surface area contributed by atoms with E-state index >= 15 is 0 Å². The average Bonchev–Trinajstić information content (AvgIpc) is 2.91. The van der Waals surface area contributed by atoms with Gasteiger partial charge < -0.3 is 4.42 Å². The number of rotatable bonds is 4. The van der Waals surface area contributed by atoms with Crippen molar-refractivity contribution in [3.63, 3.8) is 0 Å². The second-order valence-electron chi connectivity index (χ2n) is 4.85. The fraction of sp³-hybridized carbons (Fsp3) is 0.125. The van der Waals surface area contributed by atoms with E-state index in [0.29, 0.717) is 6.42 Å². The van der Waals surface area contributed by atoms with Crippen LogP contribution < -0.4 is 11.3 Å². The van der Waals surface area contributed by atoms with Crippen LogP contribution in [0, 0.1) is 5.82 Å². The van der Waals surface area contributed by atoms with Gasteiger partial charge in [0.2, 0.25) is 0 Å².